The molecule has 0 aromatic rings. The standard InChI is InChI=1S/C7H15.Sb/c1-3-5-7-6-4-2;/h1,3-7H2,2H3;. The second kappa shape index (κ2) is 7.82. The van der Waals surface area contributed by atoms with E-state index in [-0.39, 0.29) is 0 Å². The number of hydrogen-bond donors (Lipinski definition) is 0. The predicted octanol–water partition coefficient (Wildman–Crippen LogP) is 2.54. The van der Waals surface area contributed by atoms with E-state index in [1.54, 1.807) is 0 Å². The molecular formula is C7H15Sb. The van der Waals surface area contributed by atoms with Crippen LogP contribution >= 0.6 is 0 Å². The van der Waals surface area contributed by atoms with E-state index in [2.05, 4.69) is 6.92 Å². The van der Waals surface area contributed by atoms with Gasteiger partial charge in [0.2, 0.25) is 0 Å². The SMILES string of the molecule is CCCCCC[CH2][Sb]. The average molecular weight is 221 g/mol. The van der Waals surface area contributed by atoms with E-state index >= 15 is 0 Å². The second-order valence-electron chi connectivity index (χ2n) is 2.14. The molecule has 0 heterocycles. The molecule has 2 radical (unpaired) electrons. The van der Waals surface area contributed by atoms with Crippen molar-refractivity contribution in [1.29, 1.82) is 0 Å². The van der Waals surface area contributed by atoms with E-state index in [9.17, 15) is 0 Å². The Morgan fingerprint density at radius 1 is 1.00 bits per heavy atom. The van der Waals surface area contributed by atoms with Gasteiger partial charge in [-0.3, -0.25) is 0 Å². The van der Waals surface area contributed by atoms with Gasteiger partial charge < -0.3 is 0 Å². The summed E-state index contributed by atoms with van der Waals surface area (Å²) in [6, 6.07) is 0. The van der Waals surface area contributed by atoms with Gasteiger partial charge in [0.1, 0.15) is 0 Å². The first-order valence-corrected chi connectivity index (χ1v) is 5.33. The molecule has 0 N–H and O–H groups in total. The first-order chi connectivity index (χ1) is 3.91. The third-order valence-electron chi connectivity index (χ3n) is 1.26. The fourth-order valence-corrected chi connectivity index (χ4v) is 1.35. The molecule has 0 atom stereocenters. The Morgan fingerprint density at radius 3 is 2.12 bits per heavy atom. The molecule has 0 nitrogen and oxygen atoms in total. The van der Waals surface area contributed by atoms with Gasteiger partial charge in [-0.05, 0) is 0 Å². The number of rotatable bonds is 5. The first-order valence-electron chi connectivity index (χ1n) is 3.52. The van der Waals surface area contributed by atoms with Gasteiger partial charge >= 0.3 is 66.4 Å². The van der Waals surface area contributed by atoms with Crippen LogP contribution in [0.1, 0.15) is 39.0 Å². The summed E-state index contributed by atoms with van der Waals surface area (Å²) >= 11 is 1.95. The minimum atomic E-state index is 1.37. The maximum absolute atomic E-state index is 2.26. The third-order valence-corrected chi connectivity index (χ3v) is 2.16. The van der Waals surface area contributed by atoms with Crippen molar-refractivity contribution >= 4 is 23.0 Å². The molecule has 0 aromatic carbocycles. The van der Waals surface area contributed by atoms with Crippen molar-refractivity contribution in [1.82, 2.24) is 0 Å². The van der Waals surface area contributed by atoms with E-state index in [0.717, 1.165) is 0 Å². The molecule has 8 heavy (non-hydrogen) atoms. The fraction of sp³-hybridized carbons (Fsp3) is 1.00. The van der Waals surface area contributed by atoms with Crippen molar-refractivity contribution in [3.63, 3.8) is 0 Å². The molecule has 0 aromatic heterocycles. The Bertz CT molecular complexity index is 29.4. The summed E-state index contributed by atoms with van der Waals surface area (Å²) in [6.07, 6.45) is 7.18. The van der Waals surface area contributed by atoms with Gasteiger partial charge in [-0.25, -0.2) is 0 Å². The zero-order valence-electron chi connectivity index (χ0n) is 5.69. The van der Waals surface area contributed by atoms with E-state index in [4.69, 9.17) is 0 Å². The van der Waals surface area contributed by atoms with Crippen LogP contribution in [-0.4, -0.2) is 23.0 Å². The van der Waals surface area contributed by atoms with Gasteiger partial charge in [0.15, 0.2) is 0 Å². The fourth-order valence-electron chi connectivity index (χ4n) is 0.715. The van der Waals surface area contributed by atoms with Crippen LogP contribution in [0.3, 0.4) is 0 Å². The molecule has 1 heteroatoms. The summed E-state index contributed by atoms with van der Waals surface area (Å²) in [5, 5.41) is 0. The van der Waals surface area contributed by atoms with Crippen molar-refractivity contribution < 1.29 is 0 Å². The zero-order valence-corrected chi connectivity index (χ0v) is 8.24. The Morgan fingerprint density at radius 2 is 1.62 bits per heavy atom. The molecule has 0 unspecified atom stereocenters. The summed E-state index contributed by atoms with van der Waals surface area (Å²) in [5.41, 5.74) is 0. The second-order valence-corrected chi connectivity index (χ2v) is 3.41. The average Bonchev–Trinajstić information content (AvgIpc) is 1.81. The molecule has 0 spiro atoms. The molecule has 0 amide bonds. The van der Waals surface area contributed by atoms with Crippen molar-refractivity contribution in [3.8, 4) is 0 Å². The van der Waals surface area contributed by atoms with E-state index in [0.29, 0.717) is 0 Å². The third kappa shape index (κ3) is 6.82. The Balaban J connectivity index is 2.53. The molecule has 0 aliphatic carbocycles. The Hall–Kier alpha value is 0.818. The van der Waals surface area contributed by atoms with Crippen LogP contribution in [0.4, 0.5) is 0 Å². The van der Waals surface area contributed by atoms with Crippen molar-refractivity contribution in [2.45, 2.75) is 43.4 Å². The van der Waals surface area contributed by atoms with Crippen LogP contribution in [0.15, 0.2) is 0 Å². The van der Waals surface area contributed by atoms with E-state index < -0.39 is 0 Å². The first kappa shape index (κ1) is 8.82. The molecule has 0 rings (SSSR count). The normalized spacial score (nSPS) is 9.75. The number of hydrogen-bond acceptors (Lipinski definition) is 0. The molecule has 0 aliphatic heterocycles. The van der Waals surface area contributed by atoms with Gasteiger partial charge in [-0.2, -0.15) is 0 Å². The quantitative estimate of drug-likeness (QED) is 0.494. The Labute approximate surface area is 66.5 Å². The summed E-state index contributed by atoms with van der Waals surface area (Å²) in [4.78, 5) is 0. The van der Waals surface area contributed by atoms with Gasteiger partial charge in [0.25, 0.3) is 0 Å². The van der Waals surface area contributed by atoms with E-state index in [1.165, 1.54) is 36.5 Å². The van der Waals surface area contributed by atoms with Crippen molar-refractivity contribution in [2.75, 3.05) is 0 Å². The maximum atomic E-state index is 2.26. The topological polar surface area (TPSA) is 0 Å². The monoisotopic (exact) mass is 220 g/mol. The molecule has 0 fully saturated rings. The van der Waals surface area contributed by atoms with Crippen molar-refractivity contribution in [3.05, 3.63) is 0 Å². The molecule has 48 valence electrons. The zero-order chi connectivity index (χ0) is 6.24. The van der Waals surface area contributed by atoms with Crippen LogP contribution in [0.5, 0.6) is 0 Å². The van der Waals surface area contributed by atoms with Gasteiger partial charge in [-0.15, -0.1) is 0 Å². The van der Waals surface area contributed by atoms with Crippen LogP contribution in [0, 0.1) is 0 Å². The van der Waals surface area contributed by atoms with E-state index in [1.807, 2.05) is 23.0 Å². The number of unbranched alkanes of at least 4 members (excludes halogenated alkanes) is 4. The molecule has 0 saturated carbocycles. The Kier molecular flexibility index (Phi) is 8.62. The van der Waals surface area contributed by atoms with Crippen LogP contribution < -0.4 is 0 Å². The van der Waals surface area contributed by atoms with Crippen LogP contribution in [-0.2, 0) is 0 Å². The molecule has 0 saturated heterocycles. The minimum absolute atomic E-state index is 1.37. The molecule has 0 bridgehead atoms. The molecular weight excluding hydrogens is 206 g/mol. The molecule has 0 aliphatic rings. The van der Waals surface area contributed by atoms with Crippen molar-refractivity contribution in [2.24, 2.45) is 0 Å². The summed E-state index contributed by atoms with van der Waals surface area (Å²) < 4.78 is 1.41. The summed E-state index contributed by atoms with van der Waals surface area (Å²) in [6.45, 7) is 2.26. The summed E-state index contributed by atoms with van der Waals surface area (Å²) in [5.74, 6) is 0. The van der Waals surface area contributed by atoms with Crippen LogP contribution in [0.25, 0.3) is 0 Å². The van der Waals surface area contributed by atoms with Gasteiger partial charge in [0.05, 0.1) is 0 Å². The van der Waals surface area contributed by atoms with Gasteiger partial charge in [0, 0.05) is 0 Å². The van der Waals surface area contributed by atoms with Crippen LogP contribution in [0.2, 0.25) is 4.37 Å². The van der Waals surface area contributed by atoms with Gasteiger partial charge in [-0.1, -0.05) is 0 Å². The summed E-state index contributed by atoms with van der Waals surface area (Å²) in [7, 11) is 0. The predicted molar refractivity (Wildman–Crippen MR) is 39.3 cm³/mol.